The third-order valence-corrected chi connectivity index (χ3v) is 4.40. The molecule has 0 bridgehead atoms. The van der Waals surface area contributed by atoms with E-state index in [4.69, 9.17) is 16.3 Å². The fraction of sp³-hybridized carbons (Fsp3) is 0.647. The summed E-state index contributed by atoms with van der Waals surface area (Å²) in [6, 6.07) is 4.01. The SMILES string of the molecule is CCN(CC)C(C)Cc1ccc(O)c(OCC(O)CCl)c1C. The van der Waals surface area contributed by atoms with E-state index in [1.807, 2.05) is 13.0 Å². The normalized spacial score (nSPS) is 14.1. The molecule has 0 radical (unpaired) electrons. The molecule has 126 valence electrons. The molecule has 2 atom stereocenters. The first kappa shape index (κ1) is 19.1. The minimum atomic E-state index is -0.737. The number of phenols is 1. The van der Waals surface area contributed by atoms with Crippen molar-refractivity contribution in [3.05, 3.63) is 23.3 Å². The Morgan fingerprint density at radius 1 is 1.27 bits per heavy atom. The van der Waals surface area contributed by atoms with Gasteiger partial charge in [-0.15, -0.1) is 11.6 Å². The van der Waals surface area contributed by atoms with Crippen LogP contribution in [0.2, 0.25) is 0 Å². The van der Waals surface area contributed by atoms with E-state index < -0.39 is 6.10 Å². The van der Waals surface area contributed by atoms with Crippen LogP contribution in [0.25, 0.3) is 0 Å². The van der Waals surface area contributed by atoms with E-state index in [2.05, 4.69) is 25.7 Å². The molecule has 0 saturated heterocycles. The van der Waals surface area contributed by atoms with Crippen molar-refractivity contribution in [3.8, 4) is 11.5 Å². The smallest absolute Gasteiger partial charge is 0.164 e. The van der Waals surface area contributed by atoms with Crippen LogP contribution in [0.3, 0.4) is 0 Å². The van der Waals surface area contributed by atoms with Crippen LogP contribution in [0.15, 0.2) is 12.1 Å². The molecule has 0 aliphatic heterocycles. The Morgan fingerprint density at radius 2 is 1.91 bits per heavy atom. The number of hydrogen-bond donors (Lipinski definition) is 2. The van der Waals surface area contributed by atoms with Crippen molar-refractivity contribution in [1.29, 1.82) is 0 Å². The van der Waals surface area contributed by atoms with E-state index in [1.54, 1.807) is 6.07 Å². The Morgan fingerprint density at radius 3 is 2.45 bits per heavy atom. The van der Waals surface area contributed by atoms with E-state index in [9.17, 15) is 10.2 Å². The largest absolute Gasteiger partial charge is 0.504 e. The van der Waals surface area contributed by atoms with Crippen LogP contribution in [-0.4, -0.2) is 52.8 Å². The van der Waals surface area contributed by atoms with Crippen molar-refractivity contribution in [3.63, 3.8) is 0 Å². The zero-order valence-corrected chi connectivity index (χ0v) is 14.7. The lowest BCUT2D eigenvalue weighted by Crippen LogP contribution is -2.34. The van der Waals surface area contributed by atoms with Crippen molar-refractivity contribution in [1.82, 2.24) is 4.90 Å². The van der Waals surface area contributed by atoms with E-state index in [-0.39, 0.29) is 18.2 Å². The van der Waals surface area contributed by atoms with Crippen LogP contribution < -0.4 is 4.74 Å². The maximum absolute atomic E-state index is 9.99. The molecule has 4 nitrogen and oxygen atoms in total. The second-order valence-electron chi connectivity index (χ2n) is 5.59. The lowest BCUT2D eigenvalue weighted by atomic mass is 9.99. The van der Waals surface area contributed by atoms with Crippen LogP contribution >= 0.6 is 11.6 Å². The zero-order chi connectivity index (χ0) is 16.7. The minimum absolute atomic E-state index is 0.0763. The summed E-state index contributed by atoms with van der Waals surface area (Å²) in [5, 5.41) is 19.5. The molecule has 0 amide bonds. The molecule has 1 aromatic rings. The molecule has 0 heterocycles. The van der Waals surface area contributed by atoms with Crippen LogP contribution in [0.5, 0.6) is 11.5 Å². The minimum Gasteiger partial charge on any atom is -0.504 e. The van der Waals surface area contributed by atoms with Crippen LogP contribution in [0, 0.1) is 6.92 Å². The number of halogens is 1. The number of aliphatic hydroxyl groups is 1. The monoisotopic (exact) mass is 329 g/mol. The van der Waals surface area contributed by atoms with E-state index in [0.717, 1.165) is 30.6 Å². The molecule has 1 aromatic carbocycles. The standard InChI is InChI=1S/C17H28ClNO3/c1-5-19(6-2)12(3)9-14-7-8-16(21)17(13(14)4)22-11-15(20)10-18/h7-8,12,15,20-21H,5-6,9-11H2,1-4H3. The summed E-state index contributed by atoms with van der Waals surface area (Å²) in [7, 11) is 0. The van der Waals surface area contributed by atoms with Crippen LogP contribution in [0.4, 0.5) is 0 Å². The summed E-state index contributed by atoms with van der Waals surface area (Å²) in [5.74, 6) is 0.644. The summed E-state index contributed by atoms with van der Waals surface area (Å²) >= 11 is 5.57. The summed E-state index contributed by atoms with van der Waals surface area (Å²) in [6.45, 7) is 10.6. The first-order chi connectivity index (χ1) is 10.4. The van der Waals surface area contributed by atoms with Gasteiger partial charge >= 0.3 is 0 Å². The Kier molecular flexibility index (Phi) is 8.01. The fourth-order valence-electron chi connectivity index (χ4n) is 2.64. The third-order valence-electron chi connectivity index (χ3n) is 4.05. The Hall–Kier alpha value is -0.970. The summed E-state index contributed by atoms with van der Waals surface area (Å²) in [4.78, 5) is 2.39. The summed E-state index contributed by atoms with van der Waals surface area (Å²) < 4.78 is 5.56. The van der Waals surface area contributed by atoms with E-state index in [0.29, 0.717) is 11.8 Å². The van der Waals surface area contributed by atoms with Gasteiger partial charge in [0.2, 0.25) is 0 Å². The highest BCUT2D eigenvalue weighted by Crippen LogP contribution is 2.33. The number of alkyl halides is 1. The van der Waals surface area contributed by atoms with Crippen molar-refractivity contribution < 1.29 is 14.9 Å². The van der Waals surface area contributed by atoms with Gasteiger partial charge in [0.1, 0.15) is 12.7 Å². The average molecular weight is 330 g/mol. The molecule has 22 heavy (non-hydrogen) atoms. The highest BCUT2D eigenvalue weighted by molar-refractivity contribution is 6.18. The van der Waals surface area contributed by atoms with Gasteiger partial charge in [0.25, 0.3) is 0 Å². The van der Waals surface area contributed by atoms with Crippen molar-refractivity contribution in [2.75, 3.05) is 25.6 Å². The molecule has 0 aliphatic rings. The quantitative estimate of drug-likeness (QED) is 0.684. The molecule has 2 N–H and O–H groups in total. The lowest BCUT2D eigenvalue weighted by molar-refractivity contribution is 0.123. The first-order valence-electron chi connectivity index (χ1n) is 7.86. The molecular formula is C17H28ClNO3. The molecule has 1 rings (SSSR count). The van der Waals surface area contributed by atoms with Crippen LogP contribution in [-0.2, 0) is 6.42 Å². The summed E-state index contributed by atoms with van der Waals surface area (Å²) in [5.41, 5.74) is 2.06. The van der Waals surface area contributed by atoms with E-state index in [1.165, 1.54) is 0 Å². The van der Waals surface area contributed by atoms with Crippen LogP contribution in [0.1, 0.15) is 31.9 Å². The van der Waals surface area contributed by atoms with Gasteiger partial charge in [-0.25, -0.2) is 0 Å². The number of aromatic hydroxyl groups is 1. The maximum Gasteiger partial charge on any atom is 0.164 e. The van der Waals surface area contributed by atoms with Gasteiger partial charge in [0.15, 0.2) is 11.5 Å². The van der Waals surface area contributed by atoms with Crippen molar-refractivity contribution in [2.24, 2.45) is 0 Å². The van der Waals surface area contributed by atoms with Gasteiger partial charge < -0.3 is 19.8 Å². The molecule has 0 fully saturated rings. The Labute approximate surface area is 138 Å². The average Bonchev–Trinajstić information content (AvgIpc) is 2.50. The number of rotatable bonds is 9. The molecule has 0 spiro atoms. The number of aliphatic hydroxyl groups excluding tert-OH is 1. The van der Waals surface area contributed by atoms with Gasteiger partial charge in [-0.3, -0.25) is 0 Å². The first-order valence-corrected chi connectivity index (χ1v) is 8.40. The van der Waals surface area contributed by atoms with Gasteiger partial charge in [0, 0.05) is 6.04 Å². The number of likely N-dealkylation sites (N-methyl/N-ethyl adjacent to an activating group) is 1. The van der Waals surface area contributed by atoms with Gasteiger partial charge in [-0.1, -0.05) is 19.9 Å². The number of benzene rings is 1. The fourth-order valence-corrected chi connectivity index (χ4v) is 2.73. The second kappa shape index (κ2) is 9.23. The van der Waals surface area contributed by atoms with Crippen molar-refractivity contribution >= 4 is 11.6 Å². The Bertz CT molecular complexity index is 463. The molecule has 0 aromatic heterocycles. The highest BCUT2D eigenvalue weighted by atomic mass is 35.5. The molecular weight excluding hydrogens is 302 g/mol. The van der Waals surface area contributed by atoms with Gasteiger partial charge in [0.05, 0.1) is 5.88 Å². The van der Waals surface area contributed by atoms with Crippen molar-refractivity contribution in [2.45, 2.75) is 46.3 Å². The predicted molar refractivity (Wildman–Crippen MR) is 91.2 cm³/mol. The highest BCUT2D eigenvalue weighted by Gasteiger charge is 2.16. The molecule has 0 saturated carbocycles. The summed E-state index contributed by atoms with van der Waals surface area (Å²) in [6.07, 6.45) is 0.154. The van der Waals surface area contributed by atoms with E-state index >= 15 is 0 Å². The number of ether oxygens (including phenoxy) is 1. The second-order valence-corrected chi connectivity index (χ2v) is 5.90. The number of phenolic OH excluding ortho intramolecular Hbond substituents is 1. The zero-order valence-electron chi connectivity index (χ0n) is 14.0. The molecule has 5 heteroatoms. The topological polar surface area (TPSA) is 52.9 Å². The van der Waals surface area contributed by atoms with Gasteiger partial charge in [-0.05, 0) is 50.6 Å². The lowest BCUT2D eigenvalue weighted by Gasteiger charge is -2.27. The maximum atomic E-state index is 9.99. The number of nitrogens with zero attached hydrogens (tertiary/aromatic N) is 1. The Balaban J connectivity index is 2.89. The van der Waals surface area contributed by atoms with Gasteiger partial charge in [-0.2, -0.15) is 0 Å². The number of hydrogen-bond acceptors (Lipinski definition) is 4. The molecule has 0 aliphatic carbocycles. The third kappa shape index (κ3) is 5.04. The molecule has 2 unspecified atom stereocenters. The predicted octanol–water partition coefficient (Wildman–Crippen LogP) is 2.95.